The van der Waals surface area contributed by atoms with Crippen LogP contribution < -0.4 is 0 Å². The van der Waals surface area contributed by atoms with Gasteiger partial charge in [0.05, 0.1) is 14.0 Å². The molecule has 0 aromatic rings. The summed E-state index contributed by atoms with van der Waals surface area (Å²) < 4.78 is 6.11. The van der Waals surface area contributed by atoms with Crippen LogP contribution in [0.5, 0.6) is 0 Å². The second-order valence-corrected chi connectivity index (χ2v) is 8.99. The Morgan fingerprint density at radius 1 is 1.38 bits per heavy atom. The molecule has 0 aromatic heterocycles. The molecule has 0 radical (unpaired) electrons. The maximum Gasteiger partial charge on any atom is 0.0695 e. The summed E-state index contributed by atoms with van der Waals surface area (Å²) in [5.41, 5.74) is 0. The van der Waals surface area contributed by atoms with E-state index in [0.29, 0.717) is 5.22 Å². The largest absolute Gasteiger partial charge is 0.379 e. The number of hydrogen-bond acceptors (Lipinski definition) is 1. The highest BCUT2D eigenvalue weighted by molar-refractivity contribution is 6.59. The third-order valence-electron chi connectivity index (χ3n) is 3.39. The van der Waals surface area contributed by atoms with Crippen molar-refractivity contribution in [1.82, 2.24) is 0 Å². The molecule has 13 heavy (non-hydrogen) atoms. The van der Waals surface area contributed by atoms with Gasteiger partial charge in [-0.15, -0.1) is 0 Å². The molecule has 1 unspecified atom stereocenters. The minimum absolute atomic E-state index is 0.392. The van der Waals surface area contributed by atoms with E-state index < -0.39 is 8.80 Å². The van der Waals surface area contributed by atoms with E-state index in [0.717, 1.165) is 6.61 Å². The van der Waals surface area contributed by atoms with Gasteiger partial charge in [0.1, 0.15) is 0 Å². The van der Waals surface area contributed by atoms with Crippen LogP contribution in [-0.2, 0) is 4.74 Å². The fraction of sp³-hybridized carbons (Fsp3) is 1.00. The van der Waals surface area contributed by atoms with Crippen molar-refractivity contribution in [3.63, 3.8) is 0 Å². The number of hydrogen-bond donors (Lipinski definition) is 0. The predicted octanol–water partition coefficient (Wildman–Crippen LogP) is 1.52. The molecule has 1 nitrogen and oxygen atoms in total. The van der Waals surface area contributed by atoms with E-state index in [2.05, 4.69) is 13.1 Å². The number of rotatable bonds is 4. The van der Waals surface area contributed by atoms with Gasteiger partial charge >= 0.3 is 0 Å². The summed E-state index contributed by atoms with van der Waals surface area (Å²) >= 11 is 0. The molecule has 0 aliphatic carbocycles. The van der Waals surface area contributed by atoms with Gasteiger partial charge in [-0.25, -0.2) is 0 Å². The van der Waals surface area contributed by atoms with Crippen molar-refractivity contribution in [3.8, 4) is 0 Å². The standard InChI is InChI=1S/C10H24OSi2/c1-13(2)10(7-5-9-12)6-3-4-8-11-10/h13H,3-9H2,1-2,12H3. The summed E-state index contributed by atoms with van der Waals surface area (Å²) in [7, 11) is 0.737. The summed E-state index contributed by atoms with van der Waals surface area (Å²) in [5, 5.41) is 0.392. The first-order valence-corrected chi connectivity index (χ1v) is 10.2. The second kappa shape index (κ2) is 5.32. The van der Waals surface area contributed by atoms with Gasteiger partial charge in [-0.2, -0.15) is 0 Å². The van der Waals surface area contributed by atoms with Gasteiger partial charge in [-0.3, -0.25) is 0 Å². The first kappa shape index (κ1) is 11.5. The second-order valence-electron chi connectivity index (χ2n) is 4.63. The summed E-state index contributed by atoms with van der Waals surface area (Å²) in [5.74, 6) is 0. The van der Waals surface area contributed by atoms with Crippen LogP contribution in [0.4, 0.5) is 0 Å². The van der Waals surface area contributed by atoms with Crippen LogP contribution in [0.25, 0.3) is 0 Å². The zero-order chi connectivity index (χ0) is 9.73. The Morgan fingerprint density at radius 2 is 2.15 bits per heavy atom. The lowest BCUT2D eigenvalue weighted by Crippen LogP contribution is -2.47. The van der Waals surface area contributed by atoms with Gasteiger partial charge in [0.2, 0.25) is 0 Å². The minimum Gasteiger partial charge on any atom is -0.379 e. The first-order valence-electron chi connectivity index (χ1n) is 5.85. The third-order valence-corrected chi connectivity index (χ3v) is 6.95. The van der Waals surface area contributed by atoms with Crippen molar-refractivity contribution in [2.45, 2.75) is 56.5 Å². The fourth-order valence-corrected chi connectivity index (χ4v) is 4.66. The molecule has 0 bridgehead atoms. The Balaban J connectivity index is 2.51. The molecule has 0 aromatic carbocycles. The van der Waals surface area contributed by atoms with E-state index in [1.165, 1.54) is 48.4 Å². The minimum atomic E-state index is -0.626. The highest BCUT2D eigenvalue weighted by Gasteiger charge is 2.36. The van der Waals surface area contributed by atoms with Crippen molar-refractivity contribution in [2.24, 2.45) is 0 Å². The molecule has 0 spiro atoms. The van der Waals surface area contributed by atoms with Gasteiger partial charge in [-0.05, 0) is 25.7 Å². The van der Waals surface area contributed by atoms with E-state index in [-0.39, 0.29) is 0 Å². The molecule has 0 amide bonds. The fourth-order valence-electron chi connectivity index (χ4n) is 2.29. The lowest BCUT2D eigenvalue weighted by molar-refractivity contribution is -0.0281. The Morgan fingerprint density at radius 3 is 2.62 bits per heavy atom. The smallest absolute Gasteiger partial charge is 0.0695 e. The number of ether oxygens (including phenoxy) is 1. The summed E-state index contributed by atoms with van der Waals surface area (Å²) in [6.07, 6.45) is 6.84. The van der Waals surface area contributed by atoms with Crippen molar-refractivity contribution < 1.29 is 4.74 Å². The Labute approximate surface area is 87.3 Å². The first-order chi connectivity index (χ1) is 6.21. The summed E-state index contributed by atoms with van der Waals surface area (Å²) in [6, 6.07) is 1.45. The van der Waals surface area contributed by atoms with Crippen molar-refractivity contribution >= 4 is 19.0 Å². The highest BCUT2D eigenvalue weighted by Crippen LogP contribution is 2.32. The van der Waals surface area contributed by atoms with E-state index in [9.17, 15) is 0 Å². The van der Waals surface area contributed by atoms with Crippen molar-refractivity contribution in [1.29, 1.82) is 0 Å². The van der Waals surface area contributed by atoms with Crippen LogP contribution in [-0.4, -0.2) is 30.9 Å². The van der Waals surface area contributed by atoms with E-state index >= 15 is 0 Å². The topological polar surface area (TPSA) is 9.23 Å². The molecular formula is C10H24OSi2. The molecule has 1 fully saturated rings. The van der Waals surface area contributed by atoms with E-state index in [1.54, 1.807) is 0 Å². The molecule has 1 rings (SSSR count). The average molecular weight is 216 g/mol. The lowest BCUT2D eigenvalue weighted by Gasteiger charge is -2.40. The van der Waals surface area contributed by atoms with E-state index in [4.69, 9.17) is 4.74 Å². The van der Waals surface area contributed by atoms with Gasteiger partial charge < -0.3 is 4.74 Å². The SMILES string of the molecule is C[SiH](C)C1(CCC[SiH3])CCCCO1. The van der Waals surface area contributed by atoms with Crippen LogP contribution in [0, 0.1) is 0 Å². The maximum absolute atomic E-state index is 6.11. The maximum atomic E-state index is 6.11. The van der Waals surface area contributed by atoms with E-state index in [1.807, 2.05) is 0 Å². The molecule has 3 heteroatoms. The van der Waals surface area contributed by atoms with Gasteiger partial charge in [-0.1, -0.05) is 25.6 Å². The molecule has 1 aliphatic heterocycles. The zero-order valence-electron chi connectivity index (χ0n) is 9.44. The Kier molecular flexibility index (Phi) is 4.69. The summed E-state index contributed by atoms with van der Waals surface area (Å²) in [6.45, 7) is 5.95. The predicted molar refractivity (Wildman–Crippen MR) is 65.4 cm³/mol. The molecule has 0 N–H and O–H groups in total. The molecular weight excluding hydrogens is 192 g/mol. The molecule has 1 atom stereocenters. The van der Waals surface area contributed by atoms with Gasteiger partial charge in [0.25, 0.3) is 0 Å². The van der Waals surface area contributed by atoms with Crippen molar-refractivity contribution in [3.05, 3.63) is 0 Å². The quantitative estimate of drug-likeness (QED) is 0.648. The normalized spacial score (nSPS) is 29.8. The van der Waals surface area contributed by atoms with Gasteiger partial charge in [0.15, 0.2) is 0 Å². The monoisotopic (exact) mass is 216 g/mol. The zero-order valence-corrected chi connectivity index (χ0v) is 12.6. The lowest BCUT2D eigenvalue weighted by atomic mass is 10.0. The molecule has 1 heterocycles. The van der Waals surface area contributed by atoms with Crippen LogP contribution in [0.3, 0.4) is 0 Å². The molecule has 1 aliphatic rings. The van der Waals surface area contributed by atoms with Crippen molar-refractivity contribution in [2.75, 3.05) is 6.61 Å². The van der Waals surface area contributed by atoms with Crippen LogP contribution in [0.1, 0.15) is 32.1 Å². The molecule has 78 valence electrons. The van der Waals surface area contributed by atoms with Gasteiger partial charge in [0, 0.05) is 16.8 Å². The Hall–Kier alpha value is 0.394. The van der Waals surface area contributed by atoms with Crippen LogP contribution in [0.2, 0.25) is 19.1 Å². The average Bonchev–Trinajstić information content (AvgIpc) is 2.16. The van der Waals surface area contributed by atoms with Crippen LogP contribution >= 0.6 is 0 Å². The highest BCUT2D eigenvalue weighted by atomic mass is 28.3. The Bertz CT molecular complexity index is 142. The third kappa shape index (κ3) is 2.93. The summed E-state index contributed by atoms with van der Waals surface area (Å²) in [4.78, 5) is 0. The molecule has 1 saturated heterocycles. The molecule has 0 saturated carbocycles. The van der Waals surface area contributed by atoms with Crippen LogP contribution in [0.15, 0.2) is 0 Å².